The molecule has 2 aliphatic heterocycles. The summed E-state index contributed by atoms with van der Waals surface area (Å²) in [6.07, 6.45) is 7.31. The van der Waals surface area contributed by atoms with Gasteiger partial charge in [-0.2, -0.15) is 9.13 Å². The van der Waals surface area contributed by atoms with Crippen molar-refractivity contribution in [3.63, 3.8) is 0 Å². The normalized spacial score (nSPS) is 19.8. The summed E-state index contributed by atoms with van der Waals surface area (Å²) < 4.78 is 10.2. The van der Waals surface area contributed by atoms with E-state index in [-0.39, 0.29) is 11.0 Å². The van der Waals surface area contributed by atoms with Crippen LogP contribution < -0.4 is 9.13 Å². The van der Waals surface area contributed by atoms with Crippen LogP contribution in [0.2, 0.25) is 0 Å². The van der Waals surface area contributed by atoms with Gasteiger partial charge in [0.25, 0.3) is 0 Å². The Hall–Kier alpha value is -5.84. The number of aryl methyl sites for hydroxylation is 1. The summed E-state index contributed by atoms with van der Waals surface area (Å²) in [5, 5.41) is 8.02. The van der Waals surface area contributed by atoms with Crippen LogP contribution >= 0.6 is 11.3 Å². The van der Waals surface area contributed by atoms with Gasteiger partial charge in [0.1, 0.15) is 0 Å². The van der Waals surface area contributed by atoms with Gasteiger partial charge in [-0.05, 0) is 86.0 Å². The zero-order valence-electron chi connectivity index (χ0n) is 29.9. The fourth-order valence-corrected chi connectivity index (χ4v) is 11.7. The SMILES string of the molecule is C=C1CC2(C)[n+]3ccccc3-c3cc4c5cccc6c7cc8c(cc7n(c4cc3C2(C)CCc2ccccc2-c2cccc[n+]21)c56)sc1ccccc18. The number of rotatable bonds is 0. The van der Waals surface area contributed by atoms with Crippen LogP contribution in [-0.4, -0.2) is 4.40 Å². The molecule has 0 saturated heterocycles. The number of allylic oxidation sites excluding steroid dienone is 1. The Bertz CT molecular complexity index is 3220. The van der Waals surface area contributed by atoms with Crippen molar-refractivity contribution in [3.8, 4) is 22.5 Å². The molecule has 53 heavy (non-hydrogen) atoms. The van der Waals surface area contributed by atoms with Gasteiger partial charge in [0.05, 0.1) is 33.9 Å². The summed E-state index contributed by atoms with van der Waals surface area (Å²) >= 11 is 1.90. The molecule has 252 valence electrons. The van der Waals surface area contributed by atoms with Gasteiger partial charge >= 0.3 is 0 Å². The number of fused-ring (bicyclic) bond motifs is 18. The zero-order valence-corrected chi connectivity index (χ0v) is 30.7. The first kappa shape index (κ1) is 29.7. The predicted octanol–water partition coefficient (Wildman–Crippen LogP) is 11.6. The molecule has 0 amide bonds. The minimum atomic E-state index is -0.295. The van der Waals surface area contributed by atoms with Crippen LogP contribution in [0.25, 0.3) is 86.5 Å². The van der Waals surface area contributed by atoms with E-state index in [2.05, 4.69) is 167 Å². The number of aromatic nitrogens is 3. The van der Waals surface area contributed by atoms with Crippen molar-refractivity contribution in [1.82, 2.24) is 4.40 Å². The Morgan fingerprint density at radius 2 is 1.34 bits per heavy atom. The van der Waals surface area contributed by atoms with Gasteiger partial charge in [-0.25, -0.2) is 0 Å². The number of hydrogen-bond donors (Lipinski definition) is 0. The smallest absolute Gasteiger partial charge is 0.218 e. The first-order valence-corrected chi connectivity index (χ1v) is 19.6. The summed E-state index contributed by atoms with van der Waals surface area (Å²) in [6.45, 7) is 9.86. The van der Waals surface area contributed by atoms with E-state index >= 15 is 0 Å². The topological polar surface area (TPSA) is 12.2 Å². The summed E-state index contributed by atoms with van der Waals surface area (Å²) in [5.41, 5.74) is 12.4. The number of nitrogens with zero attached hydrogens (tertiary/aromatic N) is 3. The Balaban J connectivity index is 1.18. The molecular formula is C49H37N3S+2. The fourth-order valence-electron chi connectivity index (χ4n) is 10.5. The average Bonchev–Trinajstić information content (AvgIpc) is 3.84. The van der Waals surface area contributed by atoms with Crippen molar-refractivity contribution in [3.05, 3.63) is 157 Å². The van der Waals surface area contributed by atoms with Gasteiger partial charge in [-0.15, -0.1) is 11.3 Å². The summed E-state index contributed by atoms with van der Waals surface area (Å²) in [5.74, 6) is 0. The van der Waals surface area contributed by atoms with Gasteiger partial charge in [0, 0.05) is 78.5 Å². The minimum absolute atomic E-state index is 0.227. The van der Waals surface area contributed by atoms with E-state index in [1.807, 2.05) is 11.3 Å². The first-order valence-electron chi connectivity index (χ1n) is 18.8. The van der Waals surface area contributed by atoms with Crippen LogP contribution in [0.15, 0.2) is 146 Å². The third-order valence-electron chi connectivity index (χ3n) is 13.3. The lowest BCUT2D eigenvalue weighted by Gasteiger charge is -2.47. The zero-order chi connectivity index (χ0) is 35.2. The Morgan fingerprint density at radius 1 is 0.623 bits per heavy atom. The quantitative estimate of drug-likeness (QED) is 0.140. The number of para-hydroxylation sites is 1. The van der Waals surface area contributed by atoms with Crippen molar-refractivity contribution in [2.45, 2.75) is 44.1 Å². The second-order valence-corrected chi connectivity index (χ2v) is 16.9. The van der Waals surface area contributed by atoms with Crippen molar-refractivity contribution in [2.75, 3.05) is 0 Å². The average molecular weight is 700 g/mol. The third-order valence-corrected chi connectivity index (χ3v) is 14.5. The molecule has 5 aromatic heterocycles. The minimum Gasteiger partial charge on any atom is -0.308 e. The van der Waals surface area contributed by atoms with E-state index in [1.165, 1.54) is 91.9 Å². The molecule has 2 aliphatic rings. The van der Waals surface area contributed by atoms with Crippen LogP contribution in [0.1, 0.15) is 37.8 Å². The van der Waals surface area contributed by atoms with Gasteiger partial charge in [-0.3, -0.25) is 0 Å². The van der Waals surface area contributed by atoms with Crippen molar-refractivity contribution < 1.29 is 9.13 Å². The highest BCUT2D eigenvalue weighted by molar-refractivity contribution is 7.25. The molecule has 2 unspecified atom stereocenters. The predicted molar refractivity (Wildman–Crippen MR) is 221 cm³/mol. The maximum Gasteiger partial charge on any atom is 0.218 e. The molecule has 0 N–H and O–H groups in total. The molecule has 3 nitrogen and oxygen atoms in total. The standard InChI is InChI=1S/C49H37N3S/c1-30-29-49(3)48(2,22-21-31-13-4-5-14-32(31)41-18-8-10-23-50(30)41)40-27-43-37(26-39(40)42-19-9-11-24-51(42)49)35-17-12-16-34-36-25-38-33-15-6-7-20-45(33)53-46(38)28-44(36)52(43)47(34)35/h4-20,23-28H,1,21-22,29H2,2-3H3/q+2. The molecule has 5 aromatic carbocycles. The fraction of sp³-hybridized carbons (Fsp3) is 0.143. The van der Waals surface area contributed by atoms with E-state index < -0.39 is 0 Å². The lowest BCUT2D eigenvalue weighted by molar-refractivity contribution is -0.766. The molecule has 0 bridgehead atoms. The number of benzene rings is 5. The number of thiophene rings is 1. The maximum atomic E-state index is 4.82. The molecule has 0 radical (unpaired) electrons. The Kier molecular flexibility index (Phi) is 5.71. The van der Waals surface area contributed by atoms with E-state index in [1.54, 1.807) is 0 Å². The first-order chi connectivity index (χ1) is 25.9. The van der Waals surface area contributed by atoms with E-state index in [9.17, 15) is 0 Å². The van der Waals surface area contributed by atoms with Gasteiger partial charge in [0.2, 0.25) is 11.4 Å². The molecule has 4 heteroatoms. The molecule has 0 saturated carbocycles. The van der Waals surface area contributed by atoms with Gasteiger partial charge in [-0.1, -0.05) is 54.6 Å². The lowest BCUT2D eigenvalue weighted by atomic mass is 9.59. The summed E-state index contributed by atoms with van der Waals surface area (Å²) in [6, 6.07) is 48.1. The molecule has 0 fully saturated rings. The van der Waals surface area contributed by atoms with Crippen LogP contribution in [0.3, 0.4) is 0 Å². The second kappa shape index (κ2) is 10.2. The van der Waals surface area contributed by atoms with Crippen molar-refractivity contribution >= 4 is 75.3 Å². The molecule has 10 aromatic rings. The number of pyridine rings is 2. The highest BCUT2D eigenvalue weighted by Crippen LogP contribution is 2.54. The lowest BCUT2D eigenvalue weighted by Crippen LogP contribution is -2.68. The highest BCUT2D eigenvalue weighted by atomic mass is 32.1. The molecule has 12 rings (SSSR count). The molecule has 0 aliphatic carbocycles. The van der Waals surface area contributed by atoms with Crippen LogP contribution in [0, 0.1) is 0 Å². The second-order valence-electron chi connectivity index (χ2n) is 15.8. The summed E-state index contributed by atoms with van der Waals surface area (Å²) in [7, 11) is 0. The Labute approximate surface area is 311 Å². The summed E-state index contributed by atoms with van der Waals surface area (Å²) in [4.78, 5) is 0. The third kappa shape index (κ3) is 3.69. The highest BCUT2D eigenvalue weighted by Gasteiger charge is 2.59. The van der Waals surface area contributed by atoms with Crippen molar-refractivity contribution in [1.29, 1.82) is 0 Å². The molecular weight excluding hydrogens is 663 g/mol. The van der Waals surface area contributed by atoms with Gasteiger partial charge in [0.15, 0.2) is 23.6 Å². The monoisotopic (exact) mass is 699 g/mol. The number of hydrogen-bond acceptors (Lipinski definition) is 1. The van der Waals surface area contributed by atoms with Gasteiger partial charge < -0.3 is 4.40 Å². The van der Waals surface area contributed by atoms with Crippen LogP contribution in [0.4, 0.5) is 0 Å². The van der Waals surface area contributed by atoms with Crippen LogP contribution in [-0.2, 0) is 17.4 Å². The molecule has 0 spiro atoms. The largest absolute Gasteiger partial charge is 0.308 e. The van der Waals surface area contributed by atoms with E-state index in [0.29, 0.717) is 0 Å². The van der Waals surface area contributed by atoms with Crippen molar-refractivity contribution in [2.24, 2.45) is 0 Å². The Morgan fingerprint density at radius 3 is 2.23 bits per heavy atom. The molecule has 7 heterocycles. The molecule has 2 atom stereocenters. The van der Waals surface area contributed by atoms with E-state index in [0.717, 1.165) is 25.0 Å². The maximum absolute atomic E-state index is 4.82. The van der Waals surface area contributed by atoms with E-state index in [4.69, 9.17) is 6.58 Å². The van der Waals surface area contributed by atoms with Crippen LogP contribution in [0.5, 0.6) is 0 Å².